The van der Waals surface area contributed by atoms with E-state index < -0.39 is 10.2 Å². The Morgan fingerprint density at radius 1 is 1.33 bits per heavy atom. The molecule has 0 aliphatic carbocycles. The number of carbonyl (C=O) groups excluding carboxylic acids is 1. The van der Waals surface area contributed by atoms with Gasteiger partial charge in [0.15, 0.2) is 0 Å². The third-order valence-corrected chi connectivity index (χ3v) is 5.86. The summed E-state index contributed by atoms with van der Waals surface area (Å²) >= 11 is 0. The highest BCUT2D eigenvalue weighted by Gasteiger charge is 2.33. The van der Waals surface area contributed by atoms with Gasteiger partial charge in [-0.15, -0.1) is 0 Å². The quantitative estimate of drug-likeness (QED) is 0.730. The van der Waals surface area contributed by atoms with Crippen LogP contribution in [0.5, 0.6) is 5.75 Å². The van der Waals surface area contributed by atoms with Gasteiger partial charge >= 0.3 is 0 Å². The molecule has 1 aromatic rings. The molecule has 1 saturated heterocycles. The Bertz CT molecular complexity index is 634. The topological polar surface area (TPSA) is 79.0 Å². The lowest BCUT2D eigenvalue weighted by Gasteiger charge is -2.32. The SMILES string of the molecule is CN(C)S(=O)(=O)N1CCCC(C(=O)NCCOc2ccccc2)C1. The normalized spacial score (nSPS) is 19.2. The lowest BCUT2D eigenvalue weighted by molar-refractivity contribution is -0.126. The zero-order valence-corrected chi connectivity index (χ0v) is 15.0. The zero-order valence-electron chi connectivity index (χ0n) is 14.1. The molecule has 1 aliphatic heterocycles. The summed E-state index contributed by atoms with van der Waals surface area (Å²) in [6.45, 7) is 1.46. The molecule has 1 amide bonds. The van der Waals surface area contributed by atoms with Crippen LogP contribution in [0.15, 0.2) is 30.3 Å². The molecule has 8 heteroatoms. The first-order valence-corrected chi connectivity index (χ1v) is 9.44. The fourth-order valence-electron chi connectivity index (χ4n) is 2.60. The molecule has 1 heterocycles. The van der Waals surface area contributed by atoms with Crippen LogP contribution >= 0.6 is 0 Å². The maximum atomic E-state index is 12.3. The number of carbonyl (C=O) groups is 1. The number of amides is 1. The van der Waals surface area contributed by atoms with Crippen molar-refractivity contribution < 1.29 is 17.9 Å². The number of rotatable bonds is 7. The average Bonchev–Trinajstić information content (AvgIpc) is 2.59. The van der Waals surface area contributed by atoms with Gasteiger partial charge < -0.3 is 10.1 Å². The smallest absolute Gasteiger partial charge is 0.281 e. The van der Waals surface area contributed by atoms with Gasteiger partial charge in [-0.2, -0.15) is 17.0 Å². The van der Waals surface area contributed by atoms with Crippen molar-refractivity contribution >= 4 is 16.1 Å². The van der Waals surface area contributed by atoms with Gasteiger partial charge in [0, 0.05) is 27.2 Å². The maximum absolute atomic E-state index is 12.3. The number of nitrogens with one attached hydrogen (secondary N) is 1. The van der Waals surface area contributed by atoms with Crippen molar-refractivity contribution in [1.82, 2.24) is 13.9 Å². The molecule has 0 spiro atoms. The summed E-state index contributed by atoms with van der Waals surface area (Å²) in [7, 11) is -0.466. The first-order valence-electron chi connectivity index (χ1n) is 8.04. The van der Waals surface area contributed by atoms with Crippen LogP contribution < -0.4 is 10.1 Å². The van der Waals surface area contributed by atoms with E-state index in [0.717, 1.165) is 5.75 Å². The summed E-state index contributed by atoms with van der Waals surface area (Å²) in [4.78, 5) is 12.3. The molecular formula is C16H25N3O4S. The predicted molar refractivity (Wildman–Crippen MR) is 91.9 cm³/mol. The second-order valence-electron chi connectivity index (χ2n) is 5.94. The van der Waals surface area contributed by atoms with Gasteiger partial charge in [-0.05, 0) is 25.0 Å². The standard InChI is InChI=1S/C16H25N3O4S/c1-18(2)24(21,22)19-11-6-7-14(13-19)16(20)17-10-12-23-15-8-4-3-5-9-15/h3-5,8-9,14H,6-7,10-13H2,1-2H3,(H,17,20). The number of piperidine rings is 1. The van der Waals surface area contributed by atoms with Gasteiger partial charge in [-0.1, -0.05) is 18.2 Å². The molecule has 0 aromatic heterocycles. The van der Waals surface area contributed by atoms with Crippen molar-refractivity contribution in [2.75, 3.05) is 40.3 Å². The van der Waals surface area contributed by atoms with Crippen molar-refractivity contribution in [3.05, 3.63) is 30.3 Å². The van der Waals surface area contributed by atoms with Crippen LogP contribution in [-0.2, 0) is 15.0 Å². The summed E-state index contributed by atoms with van der Waals surface area (Å²) in [5, 5.41) is 2.82. The monoisotopic (exact) mass is 355 g/mol. The fourth-order valence-corrected chi connectivity index (χ4v) is 3.79. The summed E-state index contributed by atoms with van der Waals surface area (Å²) in [6.07, 6.45) is 1.39. The van der Waals surface area contributed by atoms with Gasteiger partial charge in [-0.25, -0.2) is 0 Å². The molecule has 1 aromatic carbocycles. The van der Waals surface area contributed by atoms with E-state index in [0.29, 0.717) is 32.5 Å². The third kappa shape index (κ3) is 4.93. The number of nitrogens with zero attached hydrogens (tertiary/aromatic N) is 2. The second-order valence-corrected chi connectivity index (χ2v) is 8.08. The van der Waals surface area contributed by atoms with Crippen LogP contribution in [0, 0.1) is 5.92 Å². The molecule has 0 saturated carbocycles. The van der Waals surface area contributed by atoms with E-state index in [-0.39, 0.29) is 18.4 Å². The number of hydrogen-bond acceptors (Lipinski definition) is 4. The number of ether oxygens (including phenoxy) is 1. The Kier molecular flexibility index (Phi) is 6.59. The minimum atomic E-state index is -3.47. The van der Waals surface area contributed by atoms with E-state index in [1.807, 2.05) is 30.3 Å². The van der Waals surface area contributed by atoms with Crippen molar-refractivity contribution in [3.63, 3.8) is 0 Å². The summed E-state index contributed by atoms with van der Waals surface area (Å²) in [5.74, 6) is 0.322. The van der Waals surface area contributed by atoms with Crippen molar-refractivity contribution in [2.45, 2.75) is 12.8 Å². The highest BCUT2D eigenvalue weighted by atomic mass is 32.2. The van der Waals surface area contributed by atoms with Gasteiger partial charge in [0.25, 0.3) is 10.2 Å². The number of benzene rings is 1. The highest BCUT2D eigenvalue weighted by Crippen LogP contribution is 2.20. The maximum Gasteiger partial charge on any atom is 0.281 e. The number of para-hydroxylation sites is 1. The summed E-state index contributed by atoms with van der Waals surface area (Å²) < 4.78 is 32.4. The van der Waals surface area contributed by atoms with Gasteiger partial charge in [0.2, 0.25) is 5.91 Å². The van der Waals surface area contributed by atoms with E-state index in [9.17, 15) is 13.2 Å². The van der Waals surface area contributed by atoms with Gasteiger partial charge in [0.05, 0.1) is 12.5 Å². The Morgan fingerprint density at radius 2 is 2.04 bits per heavy atom. The highest BCUT2D eigenvalue weighted by molar-refractivity contribution is 7.86. The van der Waals surface area contributed by atoms with Crippen LogP contribution in [0.2, 0.25) is 0 Å². The molecule has 24 heavy (non-hydrogen) atoms. The van der Waals surface area contributed by atoms with E-state index in [1.54, 1.807) is 0 Å². The van der Waals surface area contributed by atoms with E-state index in [1.165, 1.54) is 22.7 Å². The lowest BCUT2D eigenvalue weighted by Crippen LogP contribution is -2.49. The fraction of sp³-hybridized carbons (Fsp3) is 0.562. The molecule has 1 fully saturated rings. The van der Waals surface area contributed by atoms with Gasteiger partial charge in [0.1, 0.15) is 12.4 Å². The molecule has 2 rings (SSSR count). The lowest BCUT2D eigenvalue weighted by atomic mass is 9.99. The first-order chi connectivity index (χ1) is 11.4. The molecule has 134 valence electrons. The molecule has 7 nitrogen and oxygen atoms in total. The Hall–Kier alpha value is -1.64. The molecule has 1 aliphatic rings. The third-order valence-electron chi connectivity index (χ3n) is 3.96. The molecular weight excluding hydrogens is 330 g/mol. The van der Waals surface area contributed by atoms with E-state index in [2.05, 4.69) is 5.32 Å². The van der Waals surface area contributed by atoms with E-state index in [4.69, 9.17) is 4.74 Å². The molecule has 1 N–H and O–H groups in total. The molecule has 1 atom stereocenters. The minimum absolute atomic E-state index is 0.120. The van der Waals surface area contributed by atoms with Crippen molar-refractivity contribution in [3.8, 4) is 5.75 Å². The first kappa shape index (κ1) is 18.7. The van der Waals surface area contributed by atoms with Crippen LogP contribution in [-0.4, -0.2) is 63.3 Å². The molecule has 0 radical (unpaired) electrons. The van der Waals surface area contributed by atoms with Crippen LogP contribution in [0.25, 0.3) is 0 Å². The minimum Gasteiger partial charge on any atom is -0.492 e. The predicted octanol–water partition coefficient (Wildman–Crippen LogP) is 0.700. The summed E-state index contributed by atoms with van der Waals surface area (Å²) in [6, 6.07) is 9.39. The Balaban J connectivity index is 1.78. The number of hydrogen-bond donors (Lipinski definition) is 1. The van der Waals surface area contributed by atoms with Crippen LogP contribution in [0.1, 0.15) is 12.8 Å². The van der Waals surface area contributed by atoms with Crippen LogP contribution in [0.3, 0.4) is 0 Å². The molecule has 1 unspecified atom stereocenters. The van der Waals surface area contributed by atoms with Crippen molar-refractivity contribution in [1.29, 1.82) is 0 Å². The zero-order chi connectivity index (χ0) is 17.6. The summed E-state index contributed by atoms with van der Waals surface area (Å²) in [5.41, 5.74) is 0. The molecule has 0 bridgehead atoms. The van der Waals surface area contributed by atoms with Gasteiger partial charge in [-0.3, -0.25) is 4.79 Å². The van der Waals surface area contributed by atoms with E-state index >= 15 is 0 Å². The largest absolute Gasteiger partial charge is 0.492 e. The van der Waals surface area contributed by atoms with Crippen molar-refractivity contribution in [2.24, 2.45) is 5.92 Å². The second kappa shape index (κ2) is 8.46. The Labute approximate surface area is 143 Å². The average molecular weight is 355 g/mol. The van der Waals surface area contributed by atoms with Crippen LogP contribution in [0.4, 0.5) is 0 Å². The Morgan fingerprint density at radius 3 is 2.71 bits per heavy atom.